The fourth-order valence-corrected chi connectivity index (χ4v) is 0.847. The highest BCUT2D eigenvalue weighted by molar-refractivity contribution is 4.66. The summed E-state index contributed by atoms with van der Waals surface area (Å²) < 4.78 is 5.12. The third-order valence-corrected chi connectivity index (χ3v) is 1.67. The monoisotopic (exact) mass is 162 g/mol. The minimum atomic E-state index is 0.0781. The molecule has 1 rings (SSSR count). The second-order valence-electron chi connectivity index (χ2n) is 2.70. The maximum Gasteiger partial charge on any atom is 0.124 e. The van der Waals surface area contributed by atoms with Crippen LogP contribution < -0.4 is 0 Å². The van der Waals surface area contributed by atoms with Crippen LogP contribution >= 0.6 is 0 Å². The van der Waals surface area contributed by atoms with Crippen LogP contribution in [0.2, 0.25) is 0 Å². The van der Waals surface area contributed by atoms with Gasteiger partial charge in [-0.25, -0.2) is 9.78 Å². The van der Waals surface area contributed by atoms with E-state index in [9.17, 15) is 0 Å². The Morgan fingerprint density at radius 2 is 2.45 bits per heavy atom. The van der Waals surface area contributed by atoms with Gasteiger partial charge in [0.25, 0.3) is 0 Å². The molecule has 0 aromatic carbocycles. The minimum absolute atomic E-state index is 0.0781. The van der Waals surface area contributed by atoms with Crippen LogP contribution in [0.3, 0.4) is 0 Å². The number of ether oxygens (including phenoxy) is 1. The Morgan fingerprint density at radius 3 is 2.91 bits per heavy atom. The van der Waals surface area contributed by atoms with Crippen molar-refractivity contribution in [3.05, 3.63) is 0 Å². The van der Waals surface area contributed by atoms with E-state index in [0.717, 1.165) is 0 Å². The van der Waals surface area contributed by atoms with E-state index in [0.29, 0.717) is 25.7 Å². The molecule has 1 N–H and O–H groups in total. The van der Waals surface area contributed by atoms with Crippen molar-refractivity contribution < 1.29 is 19.6 Å². The van der Waals surface area contributed by atoms with Gasteiger partial charge in [0.1, 0.15) is 12.7 Å². The van der Waals surface area contributed by atoms with E-state index >= 15 is 0 Å². The highest BCUT2D eigenvalue weighted by Gasteiger charge is 2.27. The lowest BCUT2D eigenvalue weighted by Gasteiger charge is -2.29. The number of hydrogen-bond donors (Lipinski definition) is 1. The summed E-state index contributed by atoms with van der Waals surface area (Å²) >= 11 is 0. The molecule has 0 radical (unpaired) electrons. The summed E-state index contributed by atoms with van der Waals surface area (Å²) in [6.45, 7) is 3.79. The molecule has 2 atom stereocenters. The van der Waals surface area contributed by atoms with Gasteiger partial charge in [-0.2, -0.15) is 0 Å². The molecule has 0 bridgehead atoms. The Balaban J connectivity index is 1.96. The fourth-order valence-electron chi connectivity index (χ4n) is 0.847. The predicted octanol–water partition coefficient (Wildman–Crippen LogP) is -0.0382. The van der Waals surface area contributed by atoms with Crippen molar-refractivity contribution in [1.82, 2.24) is 0 Å². The molecule has 2 unspecified atom stereocenters. The maximum atomic E-state index is 8.41. The molecule has 1 aliphatic rings. The van der Waals surface area contributed by atoms with Crippen LogP contribution in [0.5, 0.6) is 0 Å². The molecular formula is C7H14O4. The third kappa shape index (κ3) is 2.75. The number of hydrogen-bond acceptors (Lipinski definition) is 4. The van der Waals surface area contributed by atoms with E-state index in [1.165, 1.54) is 0 Å². The minimum Gasteiger partial charge on any atom is -0.394 e. The zero-order valence-electron chi connectivity index (χ0n) is 6.66. The Morgan fingerprint density at radius 1 is 1.73 bits per heavy atom. The second-order valence-corrected chi connectivity index (χ2v) is 2.70. The van der Waals surface area contributed by atoms with Crippen molar-refractivity contribution in [2.75, 3.05) is 26.4 Å². The van der Waals surface area contributed by atoms with Gasteiger partial charge in [-0.05, 0) is 0 Å². The molecule has 0 aliphatic carbocycles. The van der Waals surface area contributed by atoms with Gasteiger partial charge < -0.3 is 9.84 Å². The summed E-state index contributed by atoms with van der Waals surface area (Å²) in [5.74, 6) is 0.343. The first-order valence-corrected chi connectivity index (χ1v) is 3.81. The standard InChI is InChI=1S/C7H14O4/c1-6(4-9-3-2-8)7-5-10-11-7/h6-8H,2-5H2,1H3. The van der Waals surface area contributed by atoms with Crippen molar-refractivity contribution in [2.24, 2.45) is 5.92 Å². The first-order chi connectivity index (χ1) is 5.34. The van der Waals surface area contributed by atoms with E-state index in [1.807, 2.05) is 6.92 Å². The van der Waals surface area contributed by atoms with Gasteiger partial charge >= 0.3 is 0 Å². The second kappa shape index (κ2) is 4.66. The highest BCUT2D eigenvalue weighted by atomic mass is 17.2. The number of aliphatic hydroxyl groups excluding tert-OH is 1. The molecule has 4 nitrogen and oxygen atoms in total. The van der Waals surface area contributed by atoms with Gasteiger partial charge in [-0.3, -0.25) is 0 Å². The first-order valence-electron chi connectivity index (χ1n) is 3.81. The fraction of sp³-hybridized carbons (Fsp3) is 1.00. The van der Waals surface area contributed by atoms with Crippen LogP contribution in [0.15, 0.2) is 0 Å². The number of aliphatic hydroxyl groups is 1. The first kappa shape index (κ1) is 8.93. The topological polar surface area (TPSA) is 47.9 Å². The molecule has 0 aromatic heterocycles. The molecule has 0 aromatic rings. The van der Waals surface area contributed by atoms with Crippen LogP contribution in [0.4, 0.5) is 0 Å². The zero-order valence-corrected chi connectivity index (χ0v) is 6.66. The molecule has 66 valence electrons. The van der Waals surface area contributed by atoms with Crippen LogP contribution in [0.25, 0.3) is 0 Å². The van der Waals surface area contributed by atoms with Gasteiger partial charge in [0.2, 0.25) is 0 Å². The van der Waals surface area contributed by atoms with Crippen LogP contribution in [0, 0.1) is 5.92 Å². The SMILES string of the molecule is CC(COCCO)C1COO1. The quantitative estimate of drug-likeness (QED) is 0.455. The molecule has 4 heteroatoms. The summed E-state index contributed by atoms with van der Waals surface area (Å²) in [5.41, 5.74) is 0. The van der Waals surface area contributed by atoms with Gasteiger partial charge in [-0.1, -0.05) is 6.92 Å². The van der Waals surface area contributed by atoms with Crippen molar-refractivity contribution in [2.45, 2.75) is 13.0 Å². The third-order valence-electron chi connectivity index (χ3n) is 1.67. The van der Waals surface area contributed by atoms with Crippen molar-refractivity contribution >= 4 is 0 Å². The van der Waals surface area contributed by atoms with E-state index in [1.54, 1.807) is 0 Å². The predicted molar refractivity (Wildman–Crippen MR) is 37.9 cm³/mol. The maximum absolute atomic E-state index is 8.41. The summed E-state index contributed by atoms with van der Waals surface area (Å²) in [6, 6.07) is 0. The van der Waals surface area contributed by atoms with Crippen LogP contribution in [0.1, 0.15) is 6.92 Å². The Kier molecular flexibility index (Phi) is 3.79. The number of rotatable bonds is 5. The average molecular weight is 162 g/mol. The Hall–Kier alpha value is -0.160. The lowest BCUT2D eigenvalue weighted by atomic mass is 10.1. The van der Waals surface area contributed by atoms with E-state index < -0.39 is 0 Å². The largest absolute Gasteiger partial charge is 0.394 e. The van der Waals surface area contributed by atoms with Crippen molar-refractivity contribution in [3.63, 3.8) is 0 Å². The molecule has 0 spiro atoms. The van der Waals surface area contributed by atoms with Gasteiger partial charge in [0.05, 0.1) is 19.8 Å². The van der Waals surface area contributed by atoms with Gasteiger partial charge in [-0.15, -0.1) is 0 Å². The van der Waals surface area contributed by atoms with Crippen LogP contribution in [-0.2, 0) is 14.5 Å². The lowest BCUT2D eigenvalue weighted by molar-refractivity contribution is -0.434. The van der Waals surface area contributed by atoms with Gasteiger partial charge in [0.15, 0.2) is 0 Å². The molecule has 0 amide bonds. The normalized spacial score (nSPS) is 26.2. The van der Waals surface area contributed by atoms with E-state index in [2.05, 4.69) is 4.89 Å². The molecule has 11 heavy (non-hydrogen) atoms. The van der Waals surface area contributed by atoms with Gasteiger partial charge in [0, 0.05) is 5.92 Å². The molecule has 1 saturated heterocycles. The summed E-state index contributed by atoms with van der Waals surface area (Å²) in [4.78, 5) is 9.34. The van der Waals surface area contributed by atoms with Crippen molar-refractivity contribution in [3.8, 4) is 0 Å². The Bertz CT molecular complexity index is 103. The molecule has 1 aliphatic heterocycles. The van der Waals surface area contributed by atoms with E-state index in [-0.39, 0.29) is 12.7 Å². The van der Waals surface area contributed by atoms with Crippen LogP contribution in [-0.4, -0.2) is 37.6 Å². The molecular weight excluding hydrogens is 148 g/mol. The smallest absolute Gasteiger partial charge is 0.124 e. The molecule has 1 heterocycles. The Labute approximate surface area is 66.0 Å². The lowest BCUT2D eigenvalue weighted by Crippen LogP contribution is -2.38. The molecule has 0 saturated carbocycles. The molecule has 1 fully saturated rings. The van der Waals surface area contributed by atoms with E-state index in [4.69, 9.17) is 14.7 Å². The highest BCUT2D eigenvalue weighted by Crippen LogP contribution is 2.16. The summed E-state index contributed by atoms with van der Waals surface area (Å²) in [5, 5.41) is 8.41. The zero-order chi connectivity index (χ0) is 8.10. The average Bonchev–Trinajstić information content (AvgIpc) is 1.84. The van der Waals surface area contributed by atoms with Crippen molar-refractivity contribution in [1.29, 1.82) is 0 Å². The summed E-state index contributed by atoms with van der Waals surface area (Å²) in [7, 11) is 0. The summed E-state index contributed by atoms with van der Waals surface area (Å²) in [6.07, 6.45) is 0.175.